The Labute approximate surface area is 217 Å². The second-order valence-corrected chi connectivity index (χ2v) is 9.38. The molecule has 5 heteroatoms. The van der Waals surface area contributed by atoms with Gasteiger partial charge in [-0.2, -0.15) is 0 Å². The van der Waals surface area contributed by atoms with Gasteiger partial charge in [-0.1, -0.05) is 66.7 Å². The largest absolute Gasteiger partial charge is 0.488 e. The molecule has 0 spiro atoms. The topological polar surface area (TPSA) is 61.6 Å². The molecule has 0 aliphatic heterocycles. The van der Waals surface area contributed by atoms with E-state index in [0.717, 1.165) is 63.3 Å². The van der Waals surface area contributed by atoms with E-state index in [2.05, 4.69) is 25.1 Å². The van der Waals surface area contributed by atoms with Crippen LogP contribution < -0.4 is 9.47 Å². The first-order valence-corrected chi connectivity index (χ1v) is 12.5. The molecule has 0 amide bonds. The number of nitro benzene ring substituents is 1. The number of rotatable bonds is 8. The van der Waals surface area contributed by atoms with Crippen molar-refractivity contribution in [2.75, 3.05) is 0 Å². The lowest BCUT2D eigenvalue weighted by Gasteiger charge is -2.17. The maximum absolute atomic E-state index is 11.6. The van der Waals surface area contributed by atoms with Crippen molar-refractivity contribution >= 4 is 17.3 Å². The molecule has 1 aliphatic rings. The highest BCUT2D eigenvalue weighted by atomic mass is 16.6. The maximum Gasteiger partial charge on any atom is 0.273 e. The monoisotopic (exact) mass is 491 g/mol. The van der Waals surface area contributed by atoms with Crippen LogP contribution in [0.3, 0.4) is 0 Å². The van der Waals surface area contributed by atoms with Crippen molar-refractivity contribution in [2.45, 2.75) is 39.7 Å². The smallest absolute Gasteiger partial charge is 0.273 e. The molecular formula is C32H29NO4. The van der Waals surface area contributed by atoms with E-state index in [4.69, 9.17) is 9.47 Å². The van der Waals surface area contributed by atoms with Gasteiger partial charge in [-0.25, -0.2) is 0 Å². The maximum atomic E-state index is 11.6. The lowest BCUT2D eigenvalue weighted by atomic mass is 10.0. The molecular weight excluding hydrogens is 462 g/mol. The lowest BCUT2D eigenvalue weighted by molar-refractivity contribution is -0.385. The normalized spacial score (nSPS) is 12.8. The summed E-state index contributed by atoms with van der Waals surface area (Å²) >= 11 is 0. The van der Waals surface area contributed by atoms with Gasteiger partial charge in [-0.05, 0) is 73.6 Å². The fourth-order valence-corrected chi connectivity index (χ4v) is 4.91. The highest BCUT2D eigenvalue weighted by Crippen LogP contribution is 2.42. The number of hydrogen-bond acceptors (Lipinski definition) is 4. The number of nitrogens with zero attached hydrogens (tertiary/aromatic N) is 1. The Kier molecular flexibility index (Phi) is 7.04. The van der Waals surface area contributed by atoms with E-state index in [9.17, 15) is 10.1 Å². The molecule has 0 bridgehead atoms. The predicted octanol–water partition coefficient (Wildman–Crippen LogP) is 8.32. The summed E-state index contributed by atoms with van der Waals surface area (Å²) in [5, 5.41) is 11.6. The Balaban J connectivity index is 1.51. The standard InChI is InChI=1S/C32H29NO4/c1-22(18-24-10-5-3-6-11-24)29-20-26(16-17-31(29)36-21-25-12-7-4-8-13-25)37-32-23(2)19-30(33(34)35)27-14-9-15-28(27)32/h3-8,10-13,16-20H,9,14-15,21H2,1-2H3. The molecule has 1 aliphatic carbocycles. The summed E-state index contributed by atoms with van der Waals surface area (Å²) in [6, 6.07) is 27.7. The Hall–Kier alpha value is -4.38. The van der Waals surface area contributed by atoms with E-state index in [0.29, 0.717) is 18.8 Å². The first-order chi connectivity index (χ1) is 18.0. The summed E-state index contributed by atoms with van der Waals surface area (Å²) in [5.74, 6) is 2.17. The minimum absolute atomic E-state index is 0.198. The minimum Gasteiger partial charge on any atom is -0.488 e. The molecule has 0 saturated carbocycles. The molecule has 37 heavy (non-hydrogen) atoms. The fraction of sp³-hybridized carbons (Fsp3) is 0.188. The number of nitro groups is 1. The molecule has 0 unspecified atom stereocenters. The van der Waals surface area contributed by atoms with Crippen LogP contribution in [0, 0.1) is 17.0 Å². The average Bonchev–Trinajstić information content (AvgIpc) is 3.40. The van der Waals surface area contributed by atoms with Crippen LogP contribution in [0.2, 0.25) is 0 Å². The third kappa shape index (κ3) is 5.41. The van der Waals surface area contributed by atoms with Gasteiger partial charge in [0, 0.05) is 22.8 Å². The lowest BCUT2D eigenvalue weighted by Crippen LogP contribution is -2.01. The van der Waals surface area contributed by atoms with Gasteiger partial charge < -0.3 is 9.47 Å². The second-order valence-electron chi connectivity index (χ2n) is 9.38. The fourth-order valence-electron chi connectivity index (χ4n) is 4.91. The molecule has 0 saturated heterocycles. The summed E-state index contributed by atoms with van der Waals surface area (Å²) in [7, 11) is 0. The van der Waals surface area contributed by atoms with Crippen LogP contribution in [0.1, 0.15) is 46.7 Å². The zero-order valence-electron chi connectivity index (χ0n) is 21.1. The molecule has 0 N–H and O–H groups in total. The first kappa shape index (κ1) is 24.3. The highest BCUT2D eigenvalue weighted by molar-refractivity contribution is 5.83. The van der Waals surface area contributed by atoms with Crippen LogP contribution >= 0.6 is 0 Å². The van der Waals surface area contributed by atoms with Gasteiger partial charge in [0.05, 0.1) is 4.92 Å². The van der Waals surface area contributed by atoms with Crippen molar-refractivity contribution in [2.24, 2.45) is 0 Å². The average molecular weight is 492 g/mol. The van der Waals surface area contributed by atoms with Crippen LogP contribution in [0.15, 0.2) is 84.9 Å². The Morgan fingerprint density at radius 2 is 1.65 bits per heavy atom. The Morgan fingerprint density at radius 3 is 2.38 bits per heavy atom. The van der Waals surface area contributed by atoms with Crippen LogP contribution in [-0.2, 0) is 19.4 Å². The van der Waals surface area contributed by atoms with E-state index in [-0.39, 0.29) is 10.6 Å². The van der Waals surface area contributed by atoms with Crippen molar-refractivity contribution in [1.29, 1.82) is 0 Å². The van der Waals surface area contributed by atoms with E-state index in [1.54, 1.807) is 6.07 Å². The summed E-state index contributed by atoms with van der Waals surface area (Å²) in [6.45, 7) is 4.40. The summed E-state index contributed by atoms with van der Waals surface area (Å²) < 4.78 is 12.7. The number of ether oxygens (including phenoxy) is 2. The number of allylic oxidation sites excluding steroid dienone is 1. The number of fused-ring (bicyclic) bond motifs is 1. The van der Waals surface area contributed by atoms with E-state index in [1.165, 1.54) is 0 Å². The Bertz CT molecular complexity index is 1460. The van der Waals surface area contributed by atoms with Crippen LogP contribution in [0.4, 0.5) is 5.69 Å². The molecule has 0 atom stereocenters. The quantitative estimate of drug-likeness (QED) is 0.141. The summed E-state index contributed by atoms with van der Waals surface area (Å²) in [6.07, 6.45) is 4.51. The summed E-state index contributed by atoms with van der Waals surface area (Å²) in [4.78, 5) is 11.3. The van der Waals surface area contributed by atoms with Crippen molar-refractivity contribution in [1.82, 2.24) is 0 Å². The van der Waals surface area contributed by atoms with Crippen LogP contribution in [0.5, 0.6) is 17.2 Å². The molecule has 0 fully saturated rings. The van der Waals surface area contributed by atoms with Gasteiger partial charge in [-0.15, -0.1) is 0 Å². The predicted molar refractivity (Wildman–Crippen MR) is 147 cm³/mol. The molecule has 4 aromatic rings. The zero-order chi connectivity index (χ0) is 25.8. The molecule has 0 aromatic heterocycles. The minimum atomic E-state index is -0.282. The highest BCUT2D eigenvalue weighted by Gasteiger charge is 2.27. The van der Waals surface area contributed by atoms with Crippen molar-refractivity contribution in [3.8, 4) is 17.2 Å². The third-order valence-electron chi connectivity index (χ3n) is 6.72. The van der Waals surface area contributed by atoms with Crippen molar-refractivity contribution in [3.63, 3.8) is 0 Å². The molecule has 5 nitrogen and oxygen atoms in total. The van der Waals surface area contributed by atoms with Gasteiger partial charge in [0.15, 0.2) is 0 Å². The van der Waals surface area contributed by atoms with Gasteiger partial charge in [0.1, 0.15) is 23.9 Å². The van der Waals surface area contributed by atoms with Crippen LogP contribution in [0.25, 0.3) is 11.6 Å². The van der Waals surface area contributed by atoms with Gasteiger partial charge in [-0.3, -0.25) is 10.1 Å². The SMILES string of the molecule is CC(=Cc1ccccc1)c1cc(Oc2c(C)cc([N+](=O)[O-])c3c2CCC3)ccc1OCc1ccccc1. The number of hydrogen-bond donors (Lipinski definition) is 0. The van der Waals surface area contributed by atoms with Gasteiger partial charge >= 0.3 is 0 Å². The third-order valence-corrected chi connectivity index (χ3v) is 6.72. The van der Waals surface area contributed by atoms with Gasteiger partial charge in [0.25, 0.3) is 5.69 Å². The number of aryl methyl sites for hydroxylation is 1. The number of benzene rings is 4. The second kappa shape index (κ2) is 10.7. The Morgan fingerprint density at radius 1 is 0.946 bits per heavy atom. The first-order valence-electron chi connectivity index (χ1n) is 12.5. The molecule has 0 radical (unpaired) electrons. The van der Waals surface area contributed by atoms with E-state index >= 15 is 0 Å². The molecule has 4 aromatic carbocycles. The van der Waals surface area contributed by atoms with Crippen molar-refractivity contribution < 1.29 is 14.4 Å². The van der Waals surface area contributed by atoms with Gasteiger partial charge in [0.2, 0.25) is 0 Å². The van der Waals surface area contributed by atoms with Crippen molar-refractivity contribution in [3.05, 3.63) is 128 Å². The zero-order valence-corrected chi connectivity index (χ0v) is 21.1. The molecule has 5 rings (SSSR count). The van der Waals surface area contributed by atoms with E-state index in [1.807, 2.05) is 73.7 Å². The molecule has 186 valence electrons. The molecule has 0 heterocycles. The van der Waals surface area contributed by atoms with Crippen LogP contribution in [-0.4, -0.2) is 4.92 Å². The summed E-state index contributed by atoms with van der Waals surface area (Å²) in [5.41, 5.74) is 6.90. The van der Waals surface area contributed by atoms with E-state index < -0.39 is 0 Å².